The molecule has 0 spiro atoms. The smallest absolute Gasteiger partial charge is 0.250 e. The lowest BCUT2D eigenvalue weighted by Gasteiger charge is -2.30. The van der Waals surface area contributed by atoms with Crippen LogP contribution in [0.2, 0.25) is 5.02 Å². The van der Waals surface area contributed by atoms with E-state index in [4.69, 9.17) is 16.3 Å². The number of carbonyl (C=O) groups is 1. The zero-order valence-electron chi connectivity index (χ0n) is 17.4. The van der Waals surface area contributed by atoms with Crippen molar-refractivity contribution in [1.82, 2.24) is 10.2 Å². The lowest BCUT2D eigenvalue weighted by atomic mass is 10.2. The van der Waals surface area contributed by atoms with Gasteiger partial charge in [0, 0.05) is 5.75 Å². The van der Waals surface area contributed by atoms with Crippen LogP contribution in [0.3, 0.4) is 0 Å². The van der Waals surface area contributed by atoms with Gasteiger partial charge in [0.1, 0.15) is 11.8 Å². The standard InChI is InChI=1S/C18H25ClN4O4S3/c1-6-14(16(24)20-17-21-22-18(29-17)28-10-11(2)3)23(30(5,25)26)12-7-8-15(27-4)13(19)9-12/h7-9,11,14H,6,10H2,1-5H3,(H,20,21,24)/t14-/m1/s1. The van der Waals surface area contributed by atoms with Crippen LogP contribution >= 0.6 is 34.7 Å². The van der Waals surface area contributed by atoms with Gasteiger partial charge in [-0.25, -0.2) is 8.42 Å². The summed E-state index contributed by atoms with van der Waals surface area (Å²) < 4.78 is 32.0. The highest BCUT2D eigenvalue weighted by molar-refractivity contribution is 8.01. The molecule has 0 aliphatic rings. The van der Waals surface area contributed by atoms with Gasteiger partial charge in [-0.1, -0.05) is 55.5 Å². The Kier molecular flexibility index (Phi) is 8.77. The Morgan fingerprint density at radius 3 is 2.60 bits per heavy atom. The van der Waals surface area contributed by atoms with Crippen LogP contribution in [0.25, 0.3) is 0 Å². The average Bonchev–Trinajstić information content (AvgIpc) is 3.10. The van der Waals surface area contributed by atoms with Crippen LogP contribution < -0.4 is 14.4 Å². The van der Waals surface area contributed by atoms with E-state index in [0.717, 1.165) is 20.7 Å². The number of rotatable bonds is 10. The van der Waals surface area contributed by atoms with Gasteiger partial charge in [-0.05, 0) is 30.5 Å². The summed E-state index contributed by atoms with van der Waals surface area (Å²) in [6.07, 6.45) is 1.29. The topological polar surface area (TPSA) is 101 Å². The van der Waals surface area contributed by atoms with Crippen LogP contribution in [0, 0.1) is 5.92 Å². The highest BCUT2D eigenvalue weighted by atomic mass is 35.5. The summed E-state index contributed by atoms with van der Waals surface area (Å²) in [7, 11) is -2.31. The molecular weight excluding hydrogens is 468 g/mol. The molecule has 12 heteroatoms. The molecule has 0 fully saturated rings. The number of nitrogens with one attached hydrogen (secondary N) is 1. The van der Waals surface area contributed by atoms with Gasteiger partial charge in [0.15, 0.2) is 4.34 Å². The molecule has 1 N–H and O–H groups in total. The number of methoxy groups -OCH3 is 1. The van der Waals surface area contributed by atoms with Crippen molar-refractivity contribution in [3.8, 4) is 5.75 Å². The number of anilines is 2. The minimum Gasteiger partial charge on any atom is -0.495 e. The molecule has 0 aliphatic carbocycles. The van der Waals surface area contributed by atoms with Crippen molar-refractivity contribution in [2.24, 2.45) is 5.92 Å². The quantitative estimate of drug-likeness (QED) is 0.393. The van der Waals surface area contributed by atoms with Gasteiger partial charge in [-0.3, -0.25) is 14.4 Å². The van der Waals surface area contributed by atoms with E-state index in [1.54, 1.807) is 30.8 Å². The number of hydrogen-bond donors (Lipinski definition) is 1. The molecule has 1 atom stereocenters. The average molecular weight is 493 g/mol. The Bertz CT molecular complexity index is 982. The first-order chi connectivity index (χ1) is 14.1. The fourth-order valence-electron chi connectivity index (χ4n) is 2.60. The van der Waals surface area contributed by atoms with Crippen LogP contribution in [0.4, 0.5) is 10.8 Å². The summed E-state index contributed by atoms with van der Waals surface area (Å²) >= 11 is 8.99. The van der Waals surface area contributed by atoms with Crippen LogP contribution in [-0.2, 0) is 14.8 Å². The van der Waals surface area contributed by atoms with Crippen LogP contribution in [-0.4, -0.2) is 49.7 Å². The normalized spacial score (nSPS) is 12.6. The Morgan fingerprint density at radius 1 is 1.37 bits per heavy atom. The molecule has 0 unspecified atom stereocenters. The number of halogens is 1. The van der Waals surface area contributed by atoms with Gasteiger partial charge >= 0.3 is 0 Å². The molecule has 0 bridgehead atoms. The summed E-state index contributed by atoms with van der Waals surface area (Å²) in [6, 6.07) is 3.58. The van der Waals surface area contributed by atoms with Crippen LogP contribution in [0.5, 0.6) is 5.75 Å². The van der Waals surface area contributed by atoms with Gasteiger partial charge in [0.2, 0.25) is 21.1 Å². The van der Waals surface area contributed by atoms with E-state index in [0.29, 0.717) is 16.8 Å². The maximum Gasteiger partial charge on any atom is 0.250 e. The zero-order chi connectivity index (χ0) is 22.5. The lowest BCUT2D eigenvalue weighted by Crippen LogP contribution is -2.47. The van der Waals surface area contributed by atoms with Crippen molar-refractivity contribution in [2.45, 2.75) is 37.6 Å². The number of amides is 1. The predicted molar refractivity (Wildman–Crippen MR) is 124 cm³/mol. The van der Waals surface area contributed by atoms with E-state index in [9.17, 15) is 13.2 Å². The first-order valence-corrected chi connectivity index (χ1v) is 13.2. The fraction of sp³-hybridized carbons (Fsp3) is 0.500. The molecule has 0 saturated heterocycles. The van der Waals surface area contributed by atoms with E-state index < -0.39 is 22.0 Å². The van der Waals surface area contributed by atoms with Crippen LogP contribution in [0.1, 0.15) is 27.2 Å². The third-order valence-corrected chi connectivity index (χ3v) is 7.77. The number of carbonyl (C=O) groups excluding carboxylic acids is 1. The van der Waals surface area contributed by atoms with Crippen LogP contribution in [0.15, 0.2) is 22.5 Å². The van der Waals surface area contributed by atoms with E-state index in [1.807, 2.05) is 0 Å². The van der Waals surface area contributed by atoms with Gasteiger partial charge in [0.25, 0.3) is 0 Å². The van der Waals surface area contributed by atoms with Gasteiger partial charge in [-0.15, -0.1) is 10.2 Å². The number of sulfonamides is 1. The monoisotopic (exact) mass is 492 g/mol. The van der Waals surface area contributed by atoms with Gasteiger partial charge < -0.3 is 4.74 Å². The molecule has 0 radical (unpaired) electrons. The molecule has 2 aromatic rings. The molecule has 1 aromatic heterocycles. The number of thioether (sulfide) groups is 1. The van der Waals surface area contributed by atoms with E-state index >= 15 is 0 Å². The lowest BCUT2D eigenvalue weighted by molar-refractivity contribution is -0.117. The predicted octanol–water partition coefficient (Wildman–Crippen LogP) is 4.13. The van der Waals surface area contributed by atoms with Crippen molar-refractivity contribution in [1.29, 1.82) is 0 Å². The van der Waals surface area contributed by atoms with Crippen molar-refractivity contribution >= 4 is 61.4 Å². The number of ether oxygens (including phenoxy) is 1. The Hall–Kier alpha value is -1.56. The molecule has 2 rings (SSSR count). The van der Waals surface area contributed by atoms with E-state index in [2.05, 4.69) is 29.4 Å². The molecule has 0 aliphatic heterocycles. The van der Waals surface area contributed by atoms with Crippen molar-refractivity contribution in [3.63, 3.8) is 0 Å². The molecule has 166 valence electrons. The third kappa shape index (κ3) is 6.47. The number of aromatic nitrogens is 2. The summed E-state index contributed by atoms with van der Waals surface area (Å²) in [5.41, 5.74) is 0.274. The Labute approximate surface area is 190 Å². The number of hydrogen-bond acceptors (Lipinski definition) is 8. The SMILES string of the molecule is CC[C@H](C(=O)Nc1nnc(SCC(C)C)s1)N(c1ccc(OC)c(Cl)c1)S(C)(=O)=O. The number of nitrogens with zero attached hydrogens (tertiary/aromatic N) is 3. The molecule has 1 heterocycles. The summed E-state index contributed by atoms with van der Waals surface area (Å²) in [6.45, 7) is 5.94. The Balaban J connectivity index is 2.27. The summed E-state index contributed by atoms with van der Waals surface area (Å²) in [4.78, 5) is 12.9. The molecule has 1 amide bonds. The second-order valence-corrected chi connectivity index (χ2v) is 11.4. The highest BCUT2D eigenvalue weighted by Gasteiger charge is 2.32. The summed E-state index contributed by atoms with van der Waals surface area (Å²) in [5, 5.41) is 11.3. The van der Waals surface area contributed by atoms with Gasteiger partial charge in [0.05, 0.1) is 24.1 Å². The first kappa shape index (κ1) is 24.7. The highest BCUT2D eigenvalue weighted by Crippen LogP contribution is 2.32. The molecule has 0 saturated carbocycles. The second kappa shape index (κ2) is 10.7. The largest absolute Gasteiger partial charge is 0.495 e. The Morgan fingerprint density at radius 2 is 2.07 bits per heavy atom. The van der Waals surface area contributed by atoms with Crippen molar-refractivity contribution in [3.05, 3.63) is 23.2 Å². The first-order valence-electron chi connectivity index (χ1n) is 9.16. The summed E-state index contributed by atoms with van der Waals surface area (Å²) in [5.74, 6) is 1.31. The molecular formula is C18H25ClN4O4S3. The second-order valence-electron chi connectivity index (χ2n) is 6.87. The minimum atomic E-state index is -3.78. The molecule has 1 aromatic carbocycles. The molecule has 8 nitrogen and oxygen atoms in total. The maximum atomic E-state index is 12.9. The van der Waals surface area contributed by atoms with E-state index in [1.165, 1.54) is 24.5 Å². The number of benzene rings is 1. The van der Waals surface area contributed by atoms with Gasteiger partial charge in [-0.2, -0.15) is 0 Å². The third-order valence-electron chi connectivity index (χ3n) is 3.90. The molecule has 30 heavy (non-hydrogen) atoms. The van der Waals surface area contributed by atoms with E-state index in [-0.39, 0.29) is 17.1 Å². The fourth-order valence-corrected chi connectivity index (χ4v) is 5.78. The van der Waals surface area contributed by atoms with Crippen molar-refractivity contribution in [2.75, 3.05) is 28.7 Å². The van der Waals surface area contributed by atoms with Crippen molar-refractivity contribution < 1.29 is 17.9 Å². The minimum absolute atomic E-state index is 0.245. The zero-order valence-corrected chi connectivity index (χ0v) is 20.6. The maximum absolute atomic E-state index is 12.9.